The molecule has 30 heavy (non-hydrogen) atoms. The van der Waals surface area contributed by atoms with Gasteiger partial charge in [-0.25, -0.2) is 4.79 Å². The van der Waals surface area contributed by atoms with Crippen LogP contribution in [0.25, 0.3) is 0 Å². The van der Waals surface area contributed by atoms with Gasteiger partial charge < -0.3 is 14.8 Å². The summed E-state index contributed by atoms with van der Waals surface area (Å²) >= 11 is 6.18. The summed E-state index contributed by atoms with van der Waals surface area (Å²) in [6, 6.07) is 10.8. The molecule has 0 bridgehead atoms. The lowest BCUT2D eigenvalue weighted by Crippen LogP contribution is -2.16. The highest BCUT2D eigenvalue weighted by molar-refractivity contribution is 6.32. The molecule has 0 atom stereocenters. The number of carbonyl (C=O) groups excluding carboxylic acids is 2. The molecule has 0 spiro atoms. The molecule has 7 nitrogen and oxygen atoms in total. The van der Waals surface area contributed by atoms with Crippen molar-refractivity contribution < 1.29 is 19.1 Å². The highest BCUT2D eigenvalue weighted by Gasteiger charge is 2.19. The molecule has 2 aromatic carbocycles. The Hall–Kier alpha value is -3.32. The number of anilines is 1. The molecule has 0 aliphatic rings. The van der Waals surface area contributed by atoms with Crippen LogP contribution in [0.3, 0.4) is 0 Å². The van der Waals surface area contributed by atoms with Crippen molar-refractivity contribution in [2.75, 3.05) is 12.4 Å². The summed E-state index contributed by atoms with van der Waals surface area (Å²) in [4.78, 5) is 24.4. The predicted molar refractivity (Wildman–Crippen MR) is 114 cm³/mol. The zero-order chi connectivity index (χ0) is 21.8. The van der Waals surface area contributed by atoms with Crippen molar-refractivity contribution >= 4 is 29.2 Å². The summed E-state index contributed by atoms with van der Waals surface area (Å²) in [5, 5.41) is 7.42. The second-order valence-corrected chi connectivity index (χ2v) is 7.21. The van der Waals surface area contributed by atoms with Crippen molar-refractivity contribution in [1.29, 1.82) is 0 Å². The van der Waals surface area contributed by atoms with Crippen molar-refractivity contribution in [1.82, 2.24) is 9.78 Å². The van der Waals surface area contributed by atoms with Gasteiger partial charge in [-0.05, 0) is 54.8 Å². The van der Waals surface area contributed by atoms with Crippen LogP contribution < -0.4 is 10.1 Å². The number of hydrogen-bond donors (Lipinski definition) is 1. The van der Waals surface area contributed by atoms with E-state index in [1.54, 1.807) is 19.2 Å². The first-order valence-corrected chi connectivity index (χ1v) is 9.58. The Kier molecular flexibility index (Phi) is 6.42. The van der Waals surface area contributed by atoms with Gasteiger partial charge in [-0.2, -0.15) is 5.10 Å². The molecular formula is C22H22ClN3O4. The maximum atomic E-state index is 12.5. The van der Waals surface area contributed by atoms with Gasteiger partial charge in [0.05, 0.1) is 19.0 Å². The molecule has 1 heterocycles. The number of carbonyl (C=O) groups is 2. The number of aryl methyl sites for hydroxylation is 3. The number of rotatable bonds is 6. The zero-order valence-corrected chi connectivity index (χ0v) is 17.9. The fourth-order valence-corrected chi connectivity index (χ4v) is 3.08. The molecule has 0 fully saturated rings. The van der Waals surface area contributed by atoms with E-state index in [1.165, 1.54) is 18.0 Å². The minimum atomic E-state index is -0.578. The van der Waals surface area contributed by atoms with Gasteiger partial charge in [-0.15, -0.1) is 0 Å². The minimum absolute atomic E-state index is 0.171. The van der Waals surface area contributed by atoms with E-state index in [2.05, 4.69) is 10.4 Å². The van der Waals surface area contributed by atoms with E-state index in [1.807, 2.05) is 38.1 Å². The lowest BCUT2D eigenvalue weighted by Gasteiger charge is -2.11. The lowest BCUT2D eigenvalue weighted by molar-refractivity contribution is 0.0589. The molecule has 0 unspecified atom stereocenters. The van der Waals surface area contributed by atoms with E-state index >= 15 is 0 Å². The Morgan fingerprint density at radius 1 is 1.13 bits per heavy atom. The highest BCUT2D eigenvalue weighted by atomic mass is 35.5. The molecule has 1 N–H and O–H groups in total. The van der Waals surface area contributed by atoms with Gasteiger partial charge in [0.1, 0.15) is 12.4 Å². The summed E-state index contributed by atoms with van der Waals surface area (Å²) in [5.74, 6) is -0.196. The molecule has 0 saturated carbocycles. The SMILES string of the molecule is COC(=O)c1c(NC(=O)c2ccc(COc3cc(C)c(Cl)c(C)c3)cc2)cnn1C. The Morgan fingerprint density at radius 2 is 1.77 bits per heavy atom. The molecule has 0 saturated heterocycles. The average molecular weight is 428 g/mol. The van der Waals surface area contributed by atoms with E-state index in [0.29, 0.717) is 12.2 Å². The predicted octanol–water partition coefficient (Wildman–Crippen LogP) is 4.31. The van der Waals surface area contributed by atoms with Crippen LogP contribution in [0, 0.1) is 13.8 Å². The van der Waals surface area contributed by atoms with Gasteiger partial charge in [-0.3, -0.25) is 9.48 Å². The van der Waals surface area contributed by atoms with E-state index in [9.17, 15) is 9.59 Å². The van der Waals surface area contributed by atoms with Gasteiger partial charge >= 0.3 is 5.97 Å². The third-order valence-electron chi connectivity index (χ3n) is 4.60. The zero-order valence-electron chi connectivity index (χ0n) is 17.2. The number of hydrogen-bond acceptors (Lipinski definition) is 5. The van der Waals surface area contributed by atoms with Crippen molar-refractivity contribution in [2.45, 2.75) is 20.5 Å². The summed E-state index contributed by atoms with van der Waals surface area (Å²) in [5.41, 5.74) is 3.73. The summed E-state index contributed by atoms with van der Waals surface area (Å²) < 4.78 is 11.9. The van der Waals surface area contributed by atoms with Crippen molar-refractivity contribution in [3.8, 4) is 5.75 Å². The average Bonchev–Trinajstić information content (AvgIpc) is 3.10. The molecule has 1 amide bonds. The largest absolute Gasteiger partial charge is 0.489 e. The molecule has 0 radical (unpaired) electrons. The summed E-state index contributed by atoms with van der Waals surface area (Å²) in [6.45, 7) is 4.23. The van der Waals surface area contributed by atoms with Crippen molar-refractivity contribution in [3.05, 3.63) is 75.6 Å². The Balaban J connectivity index is 1.66. The number of ether oxygens (including phenoxy) is 2. The molecule has 0 aliphatic heterocycles. The minimum Gasteiger partial charge on any atom is -0.489 e. The highest BCUT2D eigenvalue weighted by Crippen LogP contribution is 2.26. The van der Waals surface area contributed by atoms with E-state index in [-0.39, 0.29) is 17.3 Å². The lowest BCUT2D eigenvalue weighted by atomic mass is 10.1. The number of amides is 1. The maximum absolute atomic E-state index is 12.5. The van der Waals surface area contributed by atoms with Crippen LogP contribution in [-0.2, 0) is 18.4 Å². The molecule has 0 aliphatic carbocycles. The first-order valence-electron chi connectivity index (χ1n) is 9.20. The Morgan fingerprint density at radius 3 is 2.37 bits per heavy atom. The van der Waals surface area contributed by atoms with Crippen molar-refractivity contribution in [3.63, 3.8) is 0 Å². The summed E-state index contributed by atoms with van der Waals surface area (Å²) in [6.07, 6.45) is 1.41. The van der Waals surface area contributed by atoms with Gasteiger partial charge in [0.25, 0.3) is 5.91 Å². The van der Waals surface area contributed by atoms with Gasteiger partial charge in [-0.1, -0.05) is 23.7 Å². The third kappa shape index (κ3) is 4.63. The Labute approximate surface area is 179 Å². The quantitative estimate of drug-likeness (QED) is 0.593. The fraction of sp³-hybridized carbons (Fsp3) is 0.227. The molecular weight excluding hydrogens is 406 g/mol. The molecule has 8 heteroatoms. The second-order valence-electron chi connectivity index (χ2n) is 6.83. The fourth-order valence-electron chi connectivity index (χ4n) is 2.97. The normalized spacial score (nSPS) is 10.6. The van der Waals surface area contributed by atoms with Crippen molar-refractivity contribution in [2.24, 2.45) is 7.05 Å². The molecule has 3 aromatic rings. The first-order chi connectivity index (χ1) is 14.3. The third-order valence-corrected chi connectivity index (χ3v) is 5.19. The monoisotopic (exact) mass is 427 g/mol. The smallest absolute Gasteiger partial charge is 0.358 e. The van der Waals surface area contributed by atoms with Gasteiger partial charge in [0, 0.05) is 17.6 Å². The van der Waals surface area contributed by atoms with Crippen LogP contribution >= 0.6 is 11.6 Å². The van der Waals surface area contributed by atoms with E-state index < -0.39 is 5.97 Å². The topological polar surface area (TPSA) is 82.4 Å². The first kappa shape index (κ1) is 21.4. The van der Waals surface area contributed by atoms with Gasteiger partial charge in [0.2, 0.25) is 0 Å². The van der Waals surface area contributed by atoms with Crippen LogP contribution in [0.4, 0.5) is 5.69 Å². The Bertz CT molecular complexity index is 1070. The number of benzene rings is 2. The molecule has 1 aromatic heterocycles. The standard InChI is InChI=1S/C22H22ClN3O4/c1-13-9-17(10-14(2)19(13)23)30-12-15-5-7-16(8-6-15)21(27)25-18-11-24-26(3)20(18)22(28)29-4/h5-11H,12H2,1-4H3,(H,25,27). The van der Waals surface area contributed by atoms with Crippen LogP contribution in [0.5, 0.6) is 5.75 Å². The maximum Gasteiger partial charge on any atom is 0.358 e. The molecule has 156 valence electrons. The van der Waals surface area contributed by atoms with Crippen LogP contribution in [0.15, 0.2) is 42.6 Å². The number of nitrogens with zero attached hydrogens (tertiary/aromatic N) is 2. The van der Waals surface area contributed by atoms with Crippen LogP contribution in [0.1, 0.15) is 37.5 Å². The van der Waals surface area contributed by atoms with E-state index in [4.69, 9.17) is 21.1 Å². The number of halogens is 1. The summed E-state index contributed by atoms with van der Waals surface area (Å²) in [7, 11) is 2.87. The van der Waals surface area contributed by atoms with Crippen LogP contribution in [0.2, 0.25) is 5.02 Å². The number of aromatic nitrogens is 2. The van der Waals surface area contributed by atoms with E-state index in [0.717, 1.165) is 27.5 Å². The number of methoxy groups -OCH3 is 1. The van der Waals surface area contributed by atoms with Crippen LogP contribution in [-0.4, -0.2) is 28.8 Å². The molecule has 3 rings (SSSR count). The number of nitrogens with one attached hydrogen (secondary N) is 1. The van der Waals surface area contributed by atoms with Gasteiger partial charge in [0.15, 0.2) is 5.69 Å². The number of esters is 1. The second kappa shape index (κ2) is 9.00.